The highest BCUT2D eigenvalue weighted by Gasteiger charge is 2.24. The molecule has 0 spiro atoms. The van der Waals surface area contributed by atoms with Crippen LogP contribution >= 0.6 is 0 Å². The molecule has 120 valence electrons. The fraction of sp³-hybridized carbons (Fsp3) is 0.833. The number of nitrogens with zero attached hydrogens (tertiary/aromatic N) is 2. The van der Waals surface area contributed by atoms with Crippen LogP contribution in [0.1, 0.15) is 58.3 Å². The van der Waals surface area contributed by atoms with E-state index in [-0.39, 0.29) is 0 Å². The minimum absolute atomic E-state index is 0.318. The molecule has 21 heavy (non-hydrogen) atoms. The summed E-state index contributed by atoms with van der Waals surface area (Å²) < 4.78 is 0. The Hall–Kier alpha value is -0.830. The van der Waals surface area contributed by atoms with Crippen LogP contribution in [0.25, 0.3) is 0 Å². The Morgan fingerprint density at radius 2 is 1.95 bits per heavy atom. The summed E-state index contributed by atoms with van der Waals surface area (Å²) in [6.07, 6.45) is 11.2. The van der Waals surface area contributed by atoms with E-state index in [9.17, 15) is 4.79 Å². The monoisotopic (exact) mass is 292 g/mol. The molecule has 3 heteroatoms. The molecule has 2 saturated heterocycles. The average molecular weight is 292 g/mol. The van der Waals surface area contributed by atoms with Gasteiger partial charge in [-0.3, -0.25) is 4.79 Å². The summed E-state index contributed by atoms with van der Waals surface area (Å²) in [6.45, 7) is 10.6. The van der Waals surface area contributed by atoms with Gasteiger partial charge in [-0.15, -0.1) is 6.58 Å². The molecule has 1 amide bonds. The zero-order valence-corrected chi connectivity index (χ0v) is 13.7. The zero-order chi connectivity index (χ0) is 15.1. The van der Waals surface area contributed by atoms with Crippen LogP contribution in [0.4, 0.5) is 0 Å². The van der Waals surface area contributed by atoms with Crippen LogP contribution in [0.3, 0.4) is 0 Å². The lowest BCUT2D eigenvalue weighted by atomic mass is 9.92. The van der Waals surface area contributed by atoms with Crippen molar-refractivity contribution in [3.05, 3.63) is 12.7 Å². The maximum absolute atomic E-state index is 12.0. The Balaban J connectivity index is 1.64. The van der Waals surface area contributed by atoms with Gasteiger partial charge in [0.05, 0.1) is 0 Å². The molecule has 0 unspecified atom stereocenters. The lowest BCUT2D eigenvalue weighted by molar-refractivity contribution is -0.132. The molecule has 0 aliphatic carbocycles. The van der Waals surface area contributed by atoms with Crippen molar-refractivity contribution in [1.82, 2.24) is 9.80 Å². The maximum atomic E-state index is 12.0. The zero-order valence-electron chi connectivity index (χ0n) is 13.7. The number of hydrogen-bond donors (Lipinski definition) is 0. The van der Waals surface area contributed by atoms with E-state index < -0.39 is 0 Å². The quantitative estimate of drug-likeness (QED) is 0.700. The van der Waals surface area contributed by atoms with Crippen LogP contribution in [-0.4, -0.2) is 47.9 Å². The lowest BCUT2D eigenvalue weighted by Crippen LogP contribution is -2.41. The molecule has 0 aromatic carbocycles. The Bertz CT molecular complexity index is 334. The van der Waals surface area contributed by atoms with Gasteiger partial charge in [-0.2, -0.15) is 0 Å². The fourth-order valence-corrected chi connectivity index (χ4v) is 3.69. The summed E-state index contributed by atoms with van der Waals surface area (Å²) >= 11 is 0. The van der Waals surface area contributed by atoms with Crippen LogP contribution in [0, 0.1) is 5.92 Å². The highest BCUT2D eigenvalue weighted by Crippen LogP contribution is 2.23. The number of carbonyl (C=O) groups is 1. The number of likely N-dealkylation sites (tertiary alicyclic amines) is 2. The van der Waals surface area contributed by atoms with Crippen molar-refractivity contribution in [2.45, 2.75) is 64.3 Å². The van der Waals surface area contributed by atoms with Crippen LogP contribution in [0.15, 0.2) is 12.7 Å². The van der Waals surface area contributed by atoms with Gasteiger partial charge in [0.1, 0.15) is 0 Å². The minimum atomic E-state index is 0.318. The van der Waals surface area contributed by atoms with Gasteiger partial charge >= 0.3 is 0 Å². The van der Waals surface area contributed by atoms with Crippen LogP contribution in [0.2, 0.25) is 0 Å². The van der Waals surface area contributed by atoms with Gasteiger partial charge < -0.3 is 9.80 Å². The molecular weight excluding hydrogens is 260 g/mol. The second-order valence-electron chi connectivity index (χ2n) is 6.82. The van der Waals surface area contributed by atoms with E-state index >= 15 is 0 Å². The molecule has 0 N–H and O–H groups in total. The molecule has 2 rings (SSSR count). The van der Waals surface area contributed by atoms with Gasteiger partial charge in [0, 0.05) is 25.6 Å². The third kappa shape index (κ3) is 5.14. The van der Waals surface area contributed by atoms with E-state index in [0.717, 1.165) is 31.5 Å². The largest absolute Gasteiger partial charge is 0.343 e. The predicted molar refractivity (Wildman–Crippen MR) is 88.2 cm³/mol. The molecule has 2 heterocycles. The topological polar surface area (TPSA) is 23.6 Å². The van der Waals surface area contributed by atoms with Crippen molar-refractivity contribution in [1.29, 1.82) is 0 Å². The highest BCUT2D eigenvalue weighted by molar-refractivity contribution is 5.76. The molecule has 0 bridgehead atoms. The van der Waals surface area contributed by atoms with Crippen molar-refractivity contribution < 1.29 is 4.79 Å². The Labute approximate surface area is 130 Å². The molecule has 3 nitrogen and oxygen atoms in total. The maximum Gasteiger partial charge on any atom is 0.222 e. The molecule has 0 saturated carbocycles. The average Bonchev–Trinajstić information content (AvgIpc) is 2.52. The number of piperidine rings is 2. The second-order valence-corrected chi connectivity index (χ2v) is 6.82. The Kier molecular flexibility index (Phi) is 6.75. The van der Waals surface area contributed by atoms with E-state index in [1.54, 1.807) is 0 Å². The van der Waals surface area contributed by atoms with Crippen molar-refractivity contribution in [3.63, 3.8) is 0 Å². The van der Waals surface area contributed by atoms with E-state index in [1.165, 1.54) is 51.6 Å². The van der Waals surface area contributed by atoms with E-state index in [1.807, 2.05) is 6.08 Å². The van der Waals surface area contributed by atoms with Crippen molar-refractivity contribution >= 4 is 5.91 Å². The Morgan fingerprint density at radius 1 is 1.19 bits per heavy atom. The van der Waals surface area contributed by atoms with Crippen molar-refractivity contribution in [2.75, 3.05) is 26.2 Å². The third-order valence-corrected chi connectivity index (χ3v) is 5.29. The molecule has 0 radical (unpaired) electrons. The number of allylic oxidation sites excluding steroid dienone is 1. The number of rotatable bonds is 6. The van der Waals surface area contributed by atoms with Gasteiger partial charge in [-0.05, 0) is 64.5 Å². The number of hydrogen-bond acceptors (Lipinski definition) is 2. The lowest BCUT2D eigenvalue weighted by Gasteiger charge is -2.36. The normalized spacial score (nSPS) is 25.0. The summed E-state index contributed by atoms with van der Waals surface area (Å²) in [4.78, 5) is 16.7. The Morgan fingerprint density at radius 3 is 2.62 bits per heavy atom. The van der Waals surface area contributed by atoms with Gasteiger partial charge in [-0.25, -0.2) is 0 Å². The van der Waals surface area contributed by atoms with Crippen LogP contribution in [0.5, 0.6) is 0 Å². The molecule has 0 aromatic rings. The molecular formula is C18H32N2O. The second kappa shape index (κ2) is 8.57. The summed E-state index contributed by atoms with van der Waals surface area (Å²) in [5.74, 6) is 1.14. The standard InChI is InChI=1S/C18H32N2O/c1-3-4-8-18(21)20-14-10-17(11-15-20)9-13-19-12-6-5-7-16(19)2/h3,16-17H,1,4-15H2,2H3/t16-/m0/s1. The smallest absolute Gasteiger partial charge is 0.222 e. The van der Waals surface area contributed by atoms with E-state index in [2.05, 4.69) is 23.3 Å². The van der Waals surface area contributed by atoms with Crippen molar-refractivity contribution in [3.8, 4) is 0 Å². The minimum Gasteiger partial charge on any atom is -0.343 e. The van der Waals surface area contributed by atoms with E-state index in [0.29, 0.717) is 12.3 Å². The summed E-state index contributed by atoms with van der Waals surface area (Å²) in [7, 11) is 0. The molecule has 2 aliphatic rings. The van der Waals surface area contributed by atoms with Gasteiger partial charge in [-0.1, -0.05) is 12.5 Å². The van der Waals surface area contributed by atoms with Crippen LogP contribution < -0.4 is 0 Å². The molecule has 2 aliphatic heterocycles. The summed E-state index contributed by atoms with van der Waals surface area (Å²) in [5.41, 5.74) is 0. The third-order valence-electron chi connectivity index (χ3n) is 5.29. The highest BCUT2D eigenvalue weighted by atomic mass is 16.2. The SMILES string of the molecule is C=CCCC(=O)N1CCC(CCN2CCCC[C@@H]2C)CC1. The first-order chi connectivity index (χ1) is 10.2. The number of amides is 1. The van der Waals surface area contributed by atoms with Gasteiger partial charge in [0.15, 0.2) is 0 Å². The predicted octanol–water partition coefficient (Wildman–Crippen LogP) is 3.46. The number of carbonyl (C=O) groups excluding carboxylic acids is 1. The molecule has 0 aromatic heterocycles. The van der Waals surface area contributed by atoms with Gasteiger partial charge in [0.2, 0.25) is 5.91 Å². The van der Waals surface area contributed by atoms with Crippen molar-refractivity contribution in [2.24, 2.45) is 5.92 Å². The fourth-order valence-electron chi connectivity index (χ4n) is 3.69. The van der Waals surface area contributed by atoms with Gasteiger partial charge in [0.25, 0.3) is 0 Å². The first-order valence-electron chi connectivity index (χ1n) is 8.83. The summed E-state index contributed by atoms with van der Waals surface area (Å²) in [6, 6.07) is 0.777. The van der Waals surface area contributed by atoms with E-state index in [4.69, 9.17) is 0 Å². The van der Waals surface area contributed by atoms with Crippen LogP contribution in [-0.2, 0) is 4.79 Å². The summed E-state index contributed by atoms with van der Waals surface area (Å²) in [5, 5.41) is 0. The first-order valence-corrected chi connectivity index (χ1v) is 8.83. The molecule has 1 atom stereocenters. The first kappa shape index (κ1) is 16.5. The molecule has 2 fully saturated rings.